The molecule has 148 valence electrons. The van der Waals surface area contributed by atoms with Crippen molar-refractivity contribution in [3.05, 3.63) is 59.2 Å². The molecule has 0 aliphatic carbocycles. The molecule has 0 bridgehead atoms. The van der Waals surface area contributed by atoms with Crippen LogP contribution in [0.5, 0.6) is 17.2 Å². The Bertz CT molecular complexity index is 854. The molecule has 0 amide bonds. The number of aromatic hydroxyl groups is 1. The van der Waals surface area contributed by atoms with Crippen molar-refractivity contribution in [2.45, 2.75) is 25.8 Å². The van der Waals surface area contributed by atoms with Crippen LogP contribution in [0, 0.1) is 0 Å². The lowest BCUT2D eigenvalue weighted by Gasteiger charge is -2.26. The van der Waals surface area contributed by atoms with Crippen LogP contribution in [0.4, 0.5) is 0 Å². The lowest BCUT2D eigenvalue weighted by Crippen LogP contribution is -2.29. The number of allylic oxidation sites excluding steroid dienone is 1. The van der Waals surface area contributed by atoms with Crippen molar-refractivity contribution in [3.63, 3.8) is 0 Å². The van der Waals surface area contributed by atoms with Gasteiger partial charge in [-0.25, -0.2) is 0 Å². The Labute approximate surface area is 166 Å². The zero-order valence-corrected chi connectivity index (χ0v) is 16.5. The topological polar surface area (TPSA) is 59.0 Å². The van der Waals surface area contributed by atoms with E-state index in [1.807, 2.05) is 12.1 Å². The summed E-state index contributed by atoms with van der Waals surface area (Å²) in [6.45, 7) is 2.74. The molecule has 28 heavy (non-hydrogen) atoms. The van der Waals surface area contributed by atoms with E-state index in [1.165, 1.54) is 25.3 Å². The van der Waals surface area contributed by atoms with Crippen LogP contribution in [-0.2, 0) is 6.54 Å². The highest BCUT2D eigenvalue weighted by Gasteiger charge is 2.14. The molecule has 3 rings (SSSR count). The first kappa shape index (κ1) is 20.0. The van der Waals surface area contributed by atoms with Crippen molar-refractivity contribution in [2.75, 3.05) is 27.3 Å². The van der Waals surface area contributed by atoms with Crippen LogP contribution in [0.1, 0.15) is 40.7 Å². The highest BCUT2D eigenvalue weighted by Crippen LogP contribution is 2.26. The number of likely N-dealkylation sites (tertiary alicyclic amines) is 1. The fourth-order valence-corrected chi connectivity index (χ4v) is 3.44. The molecular formula is C23H27NO4. The average molecular weight is 381 g/mol. The summed E-state index contributed by atoms with van der Waals surface area (Å²) in [5, 5.41) is 10.2. The van der Waals surface area contributed by atoms with Gasteiger partial charge in [-0.05, 0) is 68.4 Å². The van der Waals surface area contributed by atoms with Crippen molar-refractivity contribution < 1.29 is 19.4 Å². The number of methoxy groups -OCH3 is 2. The number of phenols is 1. The molecule has 1 fully saturated rings. The fraction of sp³-hybridized carbons (Fsp3) is 0.348. The van der Waals surface area contributed by atoms with Gasteiger partial charge in [0.25, 0.3) is 0 Å². The molecule has 1 aliphatic rings. The van der Waals surface area contributed by atoms with Crippen molar-refractivity contribution in [1.29, 1.82) is 0 Å². The van der Waals surface area contributed by atoms with E-state index < -0.39 is 0 Å². The maximum absolute atomic E-state index is 12.6. The second-order valence-corrected chi connectivity index (χ2v) is 6.99. The van der Waals surface area contributed by atoms with Crippen LogP contribution >= 0.6 is 0 Å². The van der Waals surface area contributed by atoms with E-state index in [2.05, 4.69) is 4.90 Å². The van der Waals surface area contributed by atoms with Crippen molar-refractivity contribution in [2.24, 2.45) is 0 Å². The maximum atomic E-state index is 12.6. The molecule has 0 aromatic heterocycles. The number of carbonyl (C=O) groups is 1. The van der Waals surface area contributed by atoms with E-state index in [9.17, 15) is 9.90 Å². The van der Waals surface area contributed by atoms with Gasteiger partial charge in [-0.1, -0.05) is 6.42 Å². The number of nitrogens with zero attached hydrogens (tertiary/aromatic N) is 1. The molecule has 1 aliphatic heterocycles. The van der Waals surface area contributed by atoms with E-state index >= 15 is 0 Å². The highest BCUT2D eigenvalue weighted by molar-refractivity contribution is 6.07. The van der Waals surface area contributed by atoms with Gasteiger partial charge < -0.3 is 14.6 Å². The average Bonchev–Trinajstić information content (AvgIpc) is 2.74. The third-order valence-electron chi connectivity index (χ3n) is 5.06. The number of ether oxygens (including phenoxy) is 2. The molecule has 0 saturated carbocycles. The number of ketones is 1. The lowest BCUT2D eigenvalue weighted by atomic mass is 10.0. The van der Waals surface area contributed by atoms with Gasteiger partial charge in [-0.2, -0.15) is 0 Å². The van der Waals surface area contributed by atoms with Gasteiger partial charge in [-0.3, -0.25) is 9.69 Å². The molecule has 0 atom stereocenters. The molecule has 0 radical (unpaired) electrons. The summed E-state index contributed by atoms with van der Waals surface area (Å²) in [5.74, 6) is 1.46. The smallest absolute Gasteiger partial charge is 0.185 e. The van der Waals surface area contributed by atoms with Crippen LogP contribution < -0.4 is 9.47 Å². The van der Waals surface area contributed by atoms with Crippen LogP contribution in [0.25, 0.3) is 6.08 Å². The zero-order chi connectivity index (χ0) is 19.9. The van der Waals surface area contributed by atoms with Gasteiger partial charge in [0.05, 0.1) is 14.2 Å². The zero-order valence-electron chi connectivity index (χ0n) is 16.5. The standard InChI is InChI=1S/C23H27NO4/c1-27-20-9-6-17(23(15-20)28-2)7-10-21(25)18-8-11-22(26)19(14-18)16-24-12-4-3-5-13-24/h6-11,14-15,26H,3-5,12-13,16H2,1-2H3/b10-7+. The van der Waals surface area contributed by atoms with Gasteiger partial charge in [0.15, 0.2) is 5.78 Å². The third-order valence-corrected chi connectivity index (χ3v) is 5.06. The maximum Gasteiger partial charge on any atom is 0.185 e. The monoisotopic (exact) mass is 381 g/mol. The number of hydrogen-bond donors (Lipinski definition) is 1. The molecule has 5 heteroatoms. The summed E-state index contributed by atoms with van der Waals surface area (Å²) in [4.78, 5) is 15.0. The van der Waals surface area contributed by atoms with Crippen molar-refractivity contribution >= 4 is 11.9 Å². The summed E-state index contributed by atoms with van der Waals surface area (Å²) in [5.41, 5.74) is 2.15. The van der Waals surface area contributed by atoms with Crippen LogP contribution in [0.3, 0.4) is 0 Å². The van der Waals surface area contributed by atoms with Gasteiger partial charge in [0.1, 0.15) is 17.2 Å². The third kappa shape index (κ3) is 4.93. The van der Waals surface area contributed by atoms with E-state index in [-0.39, 0.29) is 11.5 Å². The van der Waals surface area contributed by atoms with Crippen LogP contribution in [0.2, 0.25) is 0 Å². The second-order valence-electron chi connectivity index (χ2n) is 6.99. The fourth-order valence-electron chi connectivity index (χ4n) is 3.44. The van der Waals surface area contributed by atoms with Gasteiger partial charge in [0.2, 0.25) is 0 Å². The highest BCUT2D eigenvalue weighted by atomic mass is 16.5. The first-order valence-corrected chi connectivity index (χ1v) is 9.59. The van der Waals surface area contributed by atoms with E-state index in [0.29, 0.717) is 23.6 Å². The normalized spacial score (nSPS) is 14.9. The van der Waals surface area contributed by atoms with Crippen LogP contribution in [-0.4, -0.2) is 43.1 Å². The number of benzene rings is 2. The number of carbonyl (C=O) groups excluding carboxylic acids is 1. The predicted octanol–water partition coefficient (Wildman–Crippen LogP) is 4.29. The first-order valence-electron chi connectivity index (χ1n) is 9.59. The SMILES string of the molecule is COc1ccc(/C=C/C(=O)c2ccc(O)c(CN3CCCCC3)c2)c(OC)c1. The quantitative estimate of drug-likeness (QED) is 0.573. The summed E-state index contributed by atoms with van der Waals surface area (Å²) >= 11 is 0. The van der Waals surface area contributed by atoms with Crippen LogP contribution in [0.15, 0.2) is 42.5 Å². The molecule has 0 unspecified atom stereocenters. The molecular weight excluding hydrogens is 354 g/mol. The largest absolute Gasteiger partial charge is 0.508 e. The molecule has 0 spiro atoms. The Morgan fingerprint density at radius 3 is 2.57 bits per heavy atom. The number of hydrogen-bond acceptors (Lipinski definition) is 5. The Balaban J connectivity index is 1.75. The second kappa shape index (κ2) is 9.42. The predicted molar refractivity (Wildman–Crippen MR) is 110 cm³/mol. The minimum Gasteiger partial charge on any atom is -0.508 e. The lowest BCUT2D eigenvalue weighted by molar-refractivity contribution is 0.104. The summed E-state index contributed by atoms with van der Waals surface area (Å²) < 4.78 is 10.6. The van der Waals surface area contributed by atoms with Crippen molar-refractivity contribution in [3.8, 4) is 17.2 Å². The van der Waals surface area contributed by atoms with Gasteiger partial charge in [-0.15, -0.1) is 0 Å². The molecule has 5 nitrogen and oxygen atoms in total. The number of phenolic OH excluding ortho intramolecular Hbond substituents is 1. The Morgan fingerprint density at radius 2 is 1.86 bits per heavy atom. The van der Waals surface area contributed by atoms with Gasteiger partial charge in [0, 0.05) is 29.3 Å². The summed E-state index contributed by atoms with van der Waals surface area (Å²) in [6.07, 6.45) is 6.90. The minimum absolute atomic E-state index is 0.113. The minimum atomic E-state index is -0.113. The number of piperidine rings is 1. The first-order chi connectivity index (χ1) is 13.6. The Hall–Kier alpha value is -2.79. The van der Waals surface area contributed by atoms with Gasteiger partial charge >= 0.3 is 0 Å². The molecule has 1 heterocycles. The molecule has 1 N–H and O–H groups in total. The van der Waals surface area contributed by atoms with E-state index in [0.717, 1.165) is 24.2 Å². The summed E-state index contributed by atoms with van der Waals surface area (Å²) in [6, 6.07) is 10.5. The molecule has 2 aromatic rings. The summed E-state index contributed by atoms with van der Waals surface area (Å²) in [7, 11) is 3.18. The van der Waals surface area contributed by atoms with Crippen molar-refractivity contribution in [1.82, 2.24) is 4.90 Å². The Morgan fingerprint density at radius 1 is 1.07 bits per heavy atom. The molecule has 2 aromatic carbocycles. The molecule has 1 saturated heterocycles. The van der Waals surface area contributed by atoms with E-state index in [4.69, 9.17) is 9.47 Å². The Kier molecular flexibility index (Phi) is 6.71. The van der Waals surface area contributed by atoms with E-state index in [1.54, 1.807) is 44.6 Å². The number of rotatable bonds is 7.